The molecule has 1 aromatic carbocycles. The third-order valence-corrected chi connectivity index (χ3v) is 4.79. The number of thiophene rings is 1. The lowest BCUT2D eigenvalue weighted by Crippen LogP contribution is -2.24. The highest BCUT2D eigenvalue weighted by molar-refractivity contribution is 7.99. The monoisotopic (exact) mass is 361 g/mol. The molecule has 0 aliphatic carbocycles. The van der Waals surface area contributed by atoms with Gasteiger partial charge in [0.1, 0.15) is 5.75 Å². The van der Waals surface area contributed by atoms with Gasteiger partial charge < -0.3 is 14.5 Å². The van der Waals surface area contributed by atoms with E-state index < -0.39 is 0 Å². The van der Waals surface area contributed by atoms with Crippen molar-refractivity contribution < 1.29 is 13.9 Å². The number of carbonyl (C=O) groups is 1. The molecule has 0 aliphatic heterocycles. The van der Waals surface area contributed by atoms with Gasteiger partial charge in [-0.1, -0.05) is 30.0 Å². The molecule has 24 heavy (non-hydrogen) atoms. The molecule has 0 saturated heterocycles. The highest BCUT2D eigenvalue weighted by Gasteiger charge is 2.11. The zero-order valence-electron chi connectivity index (χ0n) is 12.9. The van der Waals surface area contributed by atoms with Gasteiger partial charge in [0.05, 0.1) is 17.7 Å². The molecule has 0 radical (unpaired) electrons. The Kier molecular flexibility index (Phi) is 5.50. The minimum atomic E-state index is -0.0910. The van der Waals surface area contributed by atoms with Crippen molar-refractivity contribution >= 4 is 29.0 Å². The van der Waals surface area contributed by atoms with Crippen molar-refractivity contribution in [2.45, 2.75) is 11.8 Å². The first-order valence-electron chi connectivity index (χ1n) is 7.14. The summed E-state index contributed by atoms with van der Waals surface area (Å²) in [5, 5.41) is 13.1. The van der Waals surface area contributed by atoms with Crippen molar-refractivity contribution in [3.05, 3.63) is 47.3 Å². The van der Waals surface area contributed by atoms with Crippen LogP contribution in [0.4, 0.5) is 0 Å². The van der Waals surface area contributed by atoms with Crippen LogP contribution in [0.1, 0.15) is 5.56 Å². The summed E-state index contributed by atoms with van der Waals surface area (Å²) in [4.78, 5) is 12.8. The first-order valence-corrected chi connectivity index (χ1v) is 9.01. The van der Waals surface area contributed by atoms with Crippen molar-refractivity contribution in [2.75, 3.05) is 12.9 Å². The van der Waals surface area contributed by atoms with Gasteiger partial charge in [0.25, 0.3) is 11.1 Å². The van der Waals surface area contributed by atoms with E-state index in [-0.39, 0.29) is 11.7 Å². The number of hydrogen-bond donors (Lipinski definition) is 1. The first-order chi connectivity index (χ1) is 11.7. The maximum absolute atomic E-state index is 11.9. The Morgan fingerprint density at radius 2 is 2.12 bits per heavy atom. The summed E-state index contributed by atoms with van der Waals surface area (Å²) in [5.41, 5.74) is 1.01. The Balaban J connectivity index is 1.45. The summed E-state index contributed by atoms with van der Waals surface area (Å²) in [6, 6.07) is 11.4. The molecule has 2 heterocycles. The molecule has 1 amide bonds. The second kappa shape index (κ2) is 7.98. The van der Waals surface area contributed by atoms with Crippen molar-refractivity contribution in [1.29, 1.82) is 0 Å². The molecule has 3 aromatic rings. The summed E-state index contributed by atoms with van der Waals surface area (Å²) in [6.07, 6.45) is 0. The maximum Gasteiger partial charge on any atom is 0.277 e. The number of thioether (sulfide) groups is 1. The fourth-order valence-corrected chi connectivity index (χ4v) is 3.13. The van der Waals surface area contributed by atoms with Gasteiger partial charge in [0.2, 0.25) is 5.91 Å². The number of nitrogens with one attached hydrogen (secondary N) is 1. The Hall–Kier alpha value is -2.32. The zero-order valence-corrected chi connectivity index (χ0v) is 14.5. The highest BCUT2D eigenvalue weighted by Crippen LogP contribution is 2.26. The lowest BCUT2D eigenvalue weighted by Gasteiger charge is -2.05. The second-order valence-electron chi connectivity index (χ2n) is 4.76. The van der Waals surface area contributed by atoms with E-state index in [1.54, 1.807) is 7.11 Å². The van der Waals surface area contributed by atoms with E-state index in [4.69, 9.17) is 9.15 Å². The molecule has 0 aliphatic rings. The van der Waals surface area contributed by atoms with Gasteiger partial charge in [-0.3, -0.25) is 4.79 Å². The predicted molar refractivity (Wildman–Crippen MR) is 93.2 cm³/mol. The number of benzene rings is 1. The number of hydrogen-bond acceptors (Lipinski definition) is 7. The highest BCUT2D eigenvalue weighted by atomic mass is 32.2. The number of methoxy groups -OCH3 is 1. The molecule has 0 unspecified atom stereocenters. The molecule has 0 atom stereocenters. The van der Waals surface area contributed by atoms with Crippen molar-refractivity contribution in [1.82, 2.24) is 15.5 Å². The first kappa shape index (κ1) is 16.5. The molecule has 0 saturated carbocycles. The molecule has 0 spiro atoms. The van der Waals surface area contributed by atoms with E-state index in [9.17, 15) is 4.79 Å². The van der Waals surface area contributed by atoms with E-state index in [0.717, 1.165) is 16.2 Å². The number of rotatable bonds is 7. The Bertz CT molecular complexity index is 785. The van der Waals surface area contributed by atoms with Crippen molar-refractivity contribution in [3.63, 3.8) is 0 Å². The zero-order chi connectivity index (χ0) is 16.8. The van der Waals surface area contributed by atoms with Gasteiger partial charge in [-0.2, -0.15) is 0 Å². The molecule has 8 heteroatoms. The van der Waals surface area contributed by atoms with E-state index >= 15 is 0 Å². The van der Waals surface area contributed by atoms with E-state index in [0.29, 0.717) is 17.7 Å². The van der Waals surface area contributed by atoms with Crippen molar-refractivity contribution in [3.8, 4) is 16.5 Å². The van der Waals surface area contributed by atoms with Gasteiger partial charge in [0, 0.05) is 6.54 Å². The number of carbonyl (C=O) groups excluding carboxylic acids is 1. The number of nitrogens with zero attached hydrogens (tertiary/aromatic N) is 2. The Labute approximate surface area is 147 Å². The maximum atomic E-state index is 11.9. The average Bonchev–Trinajstić information content (AvgIpc) is 3.29. The van der Waals surface area contributed by atoms with Gasteiger partial charge in [0.15, 0.2) is 0 Å². The fourth-order valence-electron chi connectivity index (χ4n) is 1.89. The minimum absolute atomic E-state index is 0.0910. The van der Waals surface area contributed by atoms with Crippen LogP contribution in [-0.4, -0.2) is 29.0 Å². The predicted octanol–water partition coefficient (Wildman–Crippen LogP) is 3.22. The van der Waals surface area contributed by atoms with Crippen LogP contribution < -0.4 is 10.1 Å². The average molecular weight is 361 g/mol. The van der Waals surface area contributed by atoms with Crippen LogP contribution in [0.5, 0.6) is 5.75 Å². The third-order valence-electron chi connectivity index (χ3n) is 3.11. The lowest BCUT2D eigenvalue weighted by atomic mass is 10.2. The molecule has 6 nitrogen and oxygen atoms in total. The molecule has 0 fully saturated rings. The molecular weight excluding hydrogens is 346 g/mol. The minimum Gasteiger partial charge on any atom is -0.497 e. The van der Waals surface area contributed by atoms with Gasteiger partial charge in [-0.05, 0) is 29.1 Å². The largest absolute Gasteiger partial charge is 0.497 e. The molecular formula is C16H15N3O3S2. The summed E-state index contributed by atoms with van der Waals surface area (Å²) in [6.45, 7) is 0.466. The smallest absolute Gasteiger partial charge is 0.277 e. The summed E-state index contributed by atoms with van der Waals surface area (Å²) in [7, 11) is 1.62. The molecule has 2 aromatic heterocycles. The van der Waals surface area contributed by atoms with Crippen molar-refractivity contribution in [2.24, 2.45) is 0 Å². The van der Waals surface area contributed by atoms with Crippen LogP contribution in [0, 0.1) is 0 Å². The van der Waals surface area contributed by atoms with Gasteiger partial charge >= 0.3 is 0 Å². The van der Waals surface area contributed by atoms with Gasteiger partial charge in [-0.15, -0.1) is 21.5 Å². The van der Waals surface area contributed by atoms with E-state index in [2.05, 4.69) is 15.5 Å². The summed E-state index contributed by atoms with van der Waals surface area (Å²) >= 11 is 2.75. The van der Waals surface area contributed by atoms with E-state index in [1.807, 2.05) is 41.8 Å². The molecule has 124 valence electrons. The number of amides is 1. The quantitative estimate of drug-likeness (QED) is 0.651. The van der Waals surface area contributed by atoms with Crippen LogP contribution in [0.2, 0.25) is 0 Å². The van der Waals surface area contributed by atoms with Crippen LogP contribution in [0.25, 0.3) is 10.8 Å². The second-order valence-corrected chi connectivity index (χ2v) is 6.64. The normalized spacial score (nSPS) is 10.5. The van der Waals surface area contributed by atoms with Crippen LogP contribution in [0.3, 0.4) is 0 Å². The number of aromatic nitrogens is 2. The van der Waals surface area contributed by atoms with Crippen LogP contribution in [0.15, 0.2) is 51.4 Å². The molecule has 0 bridgehead atoms. The summed E-state index contributed by atoms with van der Waals surface area (Å²) < 4.78 is 10.6. The van der Waals surface area contributed by atoms with E-state index in [1.165, 1.54) is 23.1 Å². The Morgan fingerprint density at radius 3 is 2.83 bits per heavy atom. The van der Waals surface area contributed by atoms with Crippen LogP contribution >= 0.6 is 23.1 Å². The Morgan fingerprint density at radius 1 is 1.29 bits per heavy atom. The SMILES string of the molecule is COc1ccc(CNC(=O)CSc2nnc(-c3cccs3)o2)cc1. The summed E-state index contributed by atoms with van der Waals surface area (Å²) in [5.74, 6) is 1.40. The number of ether oxygens (including phenoxy) is 1. The lowest BCUT2D eigenvalue weighted by molar-refractivity contribution is -0.118. The topological polar surface area (TPSA) is 77.2 Å². The third kappa shape index (κ3) is 4.36. The standard InChI is InChI=1S/C16H15N3O3S2/c1-21-12-6-4-11(5-7-12)9-17-14(20)10-24-16-19-18-15(22-16)13-3-2-8-23-13/h2-8H,9-10H2,1H3,(H,17,20). The van der Waals surface area contributed by atoms with Gasteiger partial charge in [-0.25, -0.2) is 0 Å². The fraction of sp³-hybridized carbons (Fsp3) is 0.188. The molecule has 1 N–H and O–H groups in total. The van der Waals surface area contributed by atoms with Crippen LogP contribution in [-0.2, 0) is 11.3 Å². The molecule has 3 rings (SSSR count).